The fraction of sp³-hybridized carbons (Fsp3) is 0.429. The van der Waals surface area contributed by atoms with E-state index in [-0.39, 0.29) is 18.2 Å². The molecule has 0 spiro atoms. The van der Waals surface area contributed by atoms with Gasteiger partial charge in [0.15, 0.2) is 0 Å². The summed E-state index contributed by atoms with van der Waals surface area (Å²) in [6, 6.07) is 16.4. The van der Waals surface area contributed by atoms with Crippen LogP contribution < -0.4 is 10.1 Å². The molecule has 2 saturated heterocycles. The van der Waals surface area contributed by atoms with E-state index in [1.165, 1.54) is 0 Å². The number of hydrogen-bond acceptors (Lipinski definition) is 5. The van der Waals surface area contributed by atoms with Crippen molar-refractivity contribution in [3.8, 4) is 16.9 Å². The van der Waals surface area contributed by atoms with Crippen LogP contribution in [-0.4, -0.2) is 65.6 Å². The monoisotopic (exact) mass is 475 g/mol. The second-order valence-electron chi connectivity index (χ2n) is 9.51. The lowest BCUT2D eigenvalue weighted by Crippen LogP contribution is -2.49. The van der Waals surface area contributed by atoms with Gasteiger partial charge in [0.2, 0.25) is 0 Å². The van der Waals surface area contributed by atoms with E-state index < -0.39 is 6.09 Å². The molecule has 2 aliphatic heterocycles. The minimum Gasteiger partial charge on any atom is -0.490 e. The average Bonchev–Trinajstić information content (AvgIpc) is 2.89. The number of rotatable bonds is 6. The van der Waals surface area contributed by atoms with Crippen LogP contribution in [0.4, 0.5) is 4.79 Å². The Morgan fingerprint density at radius 1 is 1.20 bits per heavy atom. The van der Waals surface area contributed by atoms with Gasteiger partial charge >= 0.3 is 6.09 Å². The van der Waals surface area contributed by atoms with E-state index in [1.807, 2.05) is 24.4 Å². The Hall–Kier alpha value is -3.16. The van der Waals surface area contributed by atoms with Gasteiger partial charge in [0.25, 0.3) is 0 Å². The molecule has 1 amide bonds. The molecule has 3 heterocycles. The zero-order valence-electron chi connectivity index (χ0n) is 20.2. The minimum atomic E-state index is -0.847. The highest BCUT2D eigenvalue weighted by atomic mass is 16.5. The van der Waals surface area contributed by atoms with Crippen molar-refractivity contribution in [2.75, 3.05) is 26.2 Å². The van der Waals surface area contributed by atoms with Crippen LogP contribution in [0.15, 0.2) is 54.7 Å². The lowest BCUT2D eigenvalue weighted by Gasteiger charge is -2.38. The molecule has 184 valence electrons. The van der Waals surface area contributed by atoms with Crippen LogP contribution in [0.2, 0.25) is 0 Å². The molecular formula is C28H33N3O4. The number of likely N-dealkylation sites (tertiary alicyclic amines) is 1. The van der Waals surface area contributed by atoms with Crippen molar-refractivity contribution in [2.45, 2.75) is 50.9 Å². The van der Waals surface area contributed by atoms with Gasteiger partial charge in [-0.3, -0.25) is 4.98 Å². The number of piperidine rings is 1. The SMILES string of the molecule is Cc1c(-c2ccc(OC3CCN(C(=O)O)C(CCC4CNCCO4)C3)cc2)ccc2cccnc12. The number of aromatic nitrogens is 1. The van der Waals surface area contributed by atoms with Gasteiger partial charge in [-0.2, -0.15) is 0 Å². The highest BCUT2D eigenvalue weighted by Crippen LogP contribution is 2.31. The maximum Gasteiger partial charge on any atom is 0.407 e. The molecule has 5 rings (SSSR count). The van der Waals surface area contributed by atoms with Crippen molar-refractivity contribution >= 4 is 17.0 Å². The van der Waals surface area contributed by atoms with Gasteiger partial charge in [0, 0.05) is 50.1 Å². The average molecular weight is 476 g/mol. The number of pyridine rings is 1. The first-order valence-corrected chi connectivity index (χ1v) is 12.5. The molecule has 35 heavy (non-hydrogen) atoms. The molecule has 7 heteroatoms. The second kappa shape index (κ2) is 10.6. The summed E-state index contributed by atoms with van der Waals surface area (Å²) in [7, 11) is 0. The van der Waals surface area contributed by atoms with Gasteiger partial charge in [-0.1, -0.05) is 30.3 Å². The Kier molecular flexibility index (Phi) is 7.16. The van der Waals surface area contributed by atoms with Crippen molar-refractivity contribution in [1.29, 1.82) is 0 Å². The van der Waals surface area contributed by atoms with Crippen molar-refractivity contribution in [3.63, 3.8) is 0 Å². The molecule has 0 bridgehead atoms. The zero-order valence-corrected chi connectivity index (χ0v) is 20.2. The normalized spacial score (nSPS) is 22.8. The Labute approximate surface area is 206 Å². The predicted octanol–water partition coefficient (Wildman–Crippen LogP) is 4.87. The highest BCUT2D eigenvalue weighted by molar-refractivity contribution is 5.88. The van der Waals surface area contributed by atoms with Crippen LogP contribution in [0.1, 0.15) is 31.2 Å². The molecule has 7 nitrogen and oxygen atoms in total. The summed E-state index contributed by atoms with van der Waals surface area (Å²) in [6.45, 7) is 5.04. The zero-order chi connectivity index (χ0) is 24.2. The van der Waals surface area contributed by atoms with Crippen LogP contribution >= 0.6 is 0 Å². The van der Waals surface area contributed by atoms with E-state index in [1.54, 1.807) is 4.90 Å². The molecule has 2 aliphatic rings. The molecule has 0 aliphatic carbocycles. The Morgan fingerprint density at radius 3 is 2.83 bits per heavy atom. The van der Waals surface area contributed by atoms with Gasteiger partial charge in [0.1, 0.15) is 11.9 Å². The summed E-state index contributed by atoms with van der Waals surface area (Å²) < 4.78 is 12.1. The molecule has 2 N–H and O–H groups in total. The molecular weight excluding hydrogens is 442 g/mol. The quantitative estimate of drug-likeness (QED) is 0.529. The highest BCUT2D eigenvalue weighted by Gasteiger charge is 2.33. The van der Waals surface area contributed by atoms with Gasteiger partial charge in [-0.05, 0) is 54.7 Å². The lowest BCUT2D eigenvalue weighted by atomic mass is 9.94. The van der Waals surface area contributed by atoms with Crippen molar-refractivity contribution in [2.24, 2.45) is 0 Å². The number of carboxylic acid groups (broad SMARTS) is 1. The van der Waals surface area contributed by atoms with Crippen LogP contribution in [0.3, 0.4) is 0 Å². The number of ether oxygens (including phenoxy) is 2. The van der Waals surface area contributed by atoms with E-state index in [2.05, 4.69) is 47.6 Å². The third-order valence-electron chi connectivity index (χ3n) is 7.24. The minimum absolute atomic E-state index is 0.00143. The fourth-order valence-electron chi connectivity index (χ4n) is 5.34. The van der Waals surface area contributed by atoms with Crippen LogP contribution in [0.5, 0.6) is 5.75 Å². The summed E-state index contributed by atoms with van der Waals surface area (Å²) in [5.74, 6) is 0.817. The van der Waals surface area contributed by atoms with Crippen LogP contribution in [0.25, 0.3) is 22.0 Å². The predicted molar refractivity (Wildman–Crippen MR) is 136 cm³/mol. The summed E-state index contributed by atoms with van der Waals surface area (Å²) in [6.07, 6.45) is 4.17. The van der Waals surface area contributed by atoms with Gasteiger partial charge in [0.05, 0.1) is 18.2 Å². The Balaban J connectivity index is 1.24. The van der Waals surface area contributed by atoms with Gasteiger partial charge in [-0.15, -0.1) is 0 Å². The third-order valence-corrected chi connectivity index (χ3v) is 7.24. The molecule has 3 unspecified atom stereocenters. The number of hydrogen-bond donors (Lipinski definition) is 2. The van der Waals surface area contributed by atoms with E-state index in [0.29, 0.717) is 19.4 Å². The van der Waals surface area contributed by atoms with Crippen LogP contribution in [0, 0.1) is 6.92 Å². The molecule has 0 radical (unpaired) electrons. The van der Waals surface area contributed by atoms with Crippen LogP contribution in [-0.2, 0) is 4.74 Å². The molecule has 3 aromatic rings. The molecule has 1 aromatic heterocycles. The number of fused-ring (bicyclic) bond motifs is 1. The topological polar surface area (TPSA) is 83.9 Å². The van der Waals surface area contributed by atoms with Gasteiger partial charge < -0.3 is 24.8 Å². The van der Waals surface area contributed by atoms with Crippen molar-refractivity contribution in [3.05, 3.63) is 60.3 Å². The van der Waals surface area contributed by atoms with Crippen molar-refractivity contribution in [1.82, 2.24) is 15.2 Å². The van der Waals surface area contributed by atoms with Crippen molar-refractivity contribution < 1.29 is 19.4 Å². The summed E-state index contributed by atoms with van der Waals surface area (Å²) in [5.41, 5.74) is 4.48. The second-order valence-corrected chi connectivity index (χ2v) is 9.51. The molecule has 3 atom stereocenters. The maximum atomic E-state index is 11.8. The van der Waals surface area contributed by atoms with E-state index in [4.69, 9.17) is 9.47 Å². The largest absolute Gasteiger partial charge is 0.490 e. The standard InChI is InChI=1S/C28H33N3O4/c1-19-26(11-6-21-3-2-13-30-27(19)21)20-4-8-23(9-5-20)35-24-12-15-31(28(32)33)22(17-24)7-10-25-18-29-14-16-34-25/h2-6,8-9,11,13,22,24-25,29H,7,10,12,14-18H2,1H3,(H,32,33). The molecule has 2 aromatic carbocycles. The first-order valence-electron chi connectivity index (χ1n) is 12.5. The molecule has 0 saturated carbocycles. The lowest BCUT2D eigenvalue weighted by molar-refractivity contribution is 0.00813. The van der Waals surface area contributed by atoms with E-state index >= 15 is 0 Å². The number of benzene rings is 2. The summed E-state index contributed by atoms with van der Waals surface area (Å²) in [4.78, 5) is 17.9. The number of morpholine rings is 1. The molecule has 2 fully saturated rings. The number of carbonyl (C=O) groups is 1. The van der Waals surface area contributed by atoms with E-state index in [9.17, 15) is 9.90 Å². The number of aryl methyl sites for hydroxylation is 1. The summed E-state index contributed by atoms with van der Waals surface area (Å²) in [5, 5.41) is 14.2. The smallest absolute Gasteiger partial charge is 0.407 e. The number of amides is 1. The van der Waals surface area contributed by atoms with E-state index in [0.717, 1.165) is 65.9 Å². The third kappa shape index (κ3) is 5.41. The maximum absolute atomic E-state index is 11.8. The number of nitrogens with one attached hydrogen (secondary N) is 1. The first kappa shape index (κ1) is 23.6. The first-order chi connectivity index (χ1) is 17.1. The fourth-order valence-corrected chi connectivity index (χ4v) is 5.34. The summed E-state index contributed by atoms with van der Waals surface area (Å²) >= 11 is 0. The number of nitrogens with zero attached hydrogens (tertiary/aromatic N) is 2. The Bertz CT molecular complexity index is 1160. The van der Waals surface area contributed by atoms with Gasteiger partial charge in [-0.25, -0.2) is 4.79 Å². The Morgan fingerprint density at radius 2 is 2.06 bits per heavy atom.